The molecule has 2 rings (SSSR count). The third kappa shape index (κ3) is 4.21. The normalized spacial score (nSPS) is 10.9. The van der Waals surface area contributed by atoms with Gasteiger partial charge in [-0.25, -0.2) is 0 Å². The lowest BCUT2D eigenvalue weighted by molar-refractivity contribution is -0.112. The predicted octanol–water partition coefficient (Wildman–Crippen LogP) is 4.45. The highest BCUT2D eigenvalue weighted by Gasteiger charge is 2.09. The summed E-state index contributed by atoms with van der Waals surface area (Å²) in [6.45, 7) is 2.07. The molecule has 0 aliphatic carbocycles. The van der Waals surface area contributed by atoms with Crippen molar-refractivity contribution in [3.05, 3.63) is 70.3 Å². The van der Waals surface area contributed by atoms with Crippen molar-refractivity contribution in [1.29, 1.82) is 5.26 Å². The molecule has 0 saturated carbocycles. The Labute approximate surface area is 134 Å². The van der Waals surface area contributed by atoms with E-state index in [1.165, 1.54) is 11.6 Å². The van der Waals surface area contributed by atoms with E-state index in [1.807, 2.05) is 30.3 Å². The molecule has 0 aromatic heterocycles. The van der Waals surface area contributed by atoms with Crippen LogP contribution in [0.3, 0.4) is 0 Å². The van der Waals surface area contributed by atoms with Crippen LogP contribution < -0.4 is 5.32 Å². The minimum absolute atomic E-state index is 0.0434. The molecule has 0 aliphatic heterocycles. The summed E-state index contributed by atoms with van der Waals surface area (Å²) in [4.78, 5) is 12.1. The number of nitrogens with zero attached hydrogens (tertiary/aromatic N) is 1. The van der Waals surface area contributed by atoms with E-state index >= 15 is 0 Å². The molecule has 0 radical (unpaired) electrons. The van der Waals surface area contributed by atoms with Crippen LogP contribution in [0.5, 0.6) is 0 Å². The summed E-state index contributed by atoms with van der Waals surface area (Å²) in [5.41, 5.74) is 2.65. The van der Waals surface area contributed by atoms with E-state index in [2.05, 4.69) is 12.2 Å². The number of amides is 1. The van der Waals surface area contributed by atoms with Gasteiger partial charge < -0.3 is 5.32 Å². The van der Waals surface area contributed by atoms with Crippen LogP contribution in [0.1, 0.15) is 18.1 Å². The number of halogens is 1. The van der Waals surface area contributed by atoms with E-state index in [9.17, 15) is 4.79 Å². The highest BCUT2D eigenvalue weighted by molar-refractivity contribution is 6.30. The second-order valence-electron chi connectivity index (χ2n) is 4.73. The van der Waals surface area contributed by atoms with Crippen LogP contribution in [-0.2, 0) is 11.2 Å². The lowest BCUT2D eigenvalue weighted by atomic mass is 10.1. The molecular weight excluding hydrogens is 296 g/mol. The van der Waals surface area contributed by atoms with Crippen molar-refractivity contribution in [2.75, 3.05) is 5.32 Å². The number of benzene rings is 2. The Morgan fingerprint density at radius 1 is 1.18 bits per heavy atom. The molecule has 0 bridgehead atoms. The van der Waals surface area contributed by atoms with Crippen molar-refractivity contribution >= 4 is 29.3 Å². The maximum Gasteiger partial charge on any atom is 0.266 e. The van der Waals surface area contributed by atoms with Crippen molar-refractivity contribution < 1.29 is 4.79 Å². The fourth-order valence-corrected chi connectivity index (χ4v) is 2.02. The highest BCUT2D eigenvalue weighted by atomic mass is 35.5. The fourth-order valence-electron chi connectivity index (χ4n) is 1.90. The summed E-state index contributed by atoms with van der Waals surface area (Å²) in [5.74, 6) is -0.429. The molecule has 1 amide bonds. The van der Waals surface area contributed by atoms with E-state index in [1.54, 1.807) is 24.3 Å². The second kappa shape index (κ2) is 7.44. The van der Waals surface area contributed by atoms with Gasteiger partial charge >= 0.3 is 0 Å². The standard InChI is InChI=1S/C18H15ClN2O/c1-2-13-5-9-17(10-6-13)21-18(22)15(12-20)11-14-3-7-16(19)8-4-14/h3-11H,2H2,1H3,(H,21,22)/b15-11-. The molecule has 2 aromatic carbocycles. The third-order valence-corrected chi connectivity index (χ3v) is 3.42. The first kappa shape index (κ1) is 15.8. The lowest BCUT2D eigenvalue weighted by Crippen LogP contribution is -2.13. The predicted molar refractivity (Wildman–Crippen MR) is 89.5 cm³/mol. The van der Waals surface area contributed by atoms with Gasteiger partial charge in [0.05, 0.1) is 0 Å². The molecule has 22 heavy (non-hydrogen) atoms. The number of carbonyl (C=O) groups is 1. The number of hydrogen-bond acceptors (Lipinski definition) is 2. The first-order valence-electron chi connectivity index (χ1n) is 6.90. The topological polar surface area (TPSA) is 52.9 Å². The van der Waals surface area contributed by atoms with Gasteiger partial charge in [-0.2, -0.15) is 5.26 Å². The molecule has 0 spiro atoms. The molecule has 0 fully saturated rings. The van der Waals surface area contributed by atoms with E-state index in [4.69, 9.17) is 16.9 Å². The fraction of sp³-hybridized carbons (Fsp3) is 0.111. The summed E-state index contributed by atoms with van der Waals surface area (Å²) in [5, 5.41) is 12.5. The first-order chi connectivity index (χ1) is 10.6. The Hall–Kier alpha value is -2.57. The average molecular weight is 311 g/mol. The van der Waals surface area contributed by atoms with E-state index in [0.29, 0.717) is 10.7 Å². The zero-order valence-corrected chi connectivity index (χ0v) is 12.9. The van der Waals surface area contributed by atoms with Gasteiger partial charge in [-0.3, -0.25) is 4.79 Å². The third-order valence-electron chi connectivity index (χ3n) is 3.17. The summed E-state index contributed by atoms with van der Waals surface area (Å²) in [6, 6.07) is 16.4. The largest absolute Gasteiger partial charge is 0.321 e. The van der Waals surface area contributed by atoms with Gasteiger partial charge in [-0.05, 0) is 47.9 Å². The molecular formula is C18H15ClN2O. The van der Waals surface area contributed by atoms with Gasteiger partial charge in [0.1, 0.15) is 11.6 Å². The average Bonchev–Trinajstić information content (AvgIpc) is 2.55. The van der Waals surface area contributed by atoms with Crippen LogP contribution in [-0.4, -0.2) is 5.91 Å². The molecule has 0 unspecified atom stereocenters. The van der Waals surface area contributed by atoms with E-state index < -0.39 is 5.91 Å². The smallest absolute Gasteiger partial charge is 0.266 e. The van der Waals surface area contributed by atoms with Crippen LogP contribution in [0, 0.1) is 11.3 Å². The molecule has 1 N–H and O–H groups in total. The molecule has 0 aliphatic rings. The summed E-state index contributed by atoms with van der Waals surface area (Å²) < 4.78 is 0. The van der Waals surface area contributed by atoms with Crippen molar-refractivity contribution in [3.63, 3.8) is 0 Å². The molecule has 3 nitrogen and oxygen atoms in total. The quantitative estimate of drug-likeness (QED) is 0.670. The minimum Gasteiger partial charge on any atom is -0.321 e. The number of carbonyl (C=O) groups excluding carboxylic acids is 1. The van der Waals surface area contributed by atoms with Crippen LogP contribution in [0.2, 0.25) is 5.02 Å². The SMILES string of the molecule is CCc1ccc(NC(=O)/C(C#N)=C\c2ccc(Cl)cc2)cc1. The van der Waals surface area contributed by atoms with Gasteiger partial charge in [0.25, 0.3) is 5.91 Å². The summed E-state index contributed by atoms with van der Waals surface area (Å²) in [6.07, 6.45) is 2.47. The van der Waals surface area contributed by atoms with Gasteiger partial charge in [-0.15, -0.1) is 0 Å². The second-order valence-corrected chi connectivity index (χ2v) is 5.16. The Morgan fingerprint density at radius 2 is 1.82 bits per heavy atom. The van der Waals surface area contributed by atoms with Gasteiger partial charge in [0, 0.05) is 10.7 Å². The number of aryl methyl sites for hydroxylation is 1. The Morgan fingerprint density at radius 3 is 2.36 bits per heavy atom. The van der Waals surface area contributed by atoms with Crippen LogP contribution >= 0.6 is 11.6 Å². The van der Waals surface area contributed by atoms with E-state index in [0.717, 1.165) is 12.0 Å². The Balaban J connectivity index is 2.14. The number of anilines is 1. The zero-order chi connectivity index (χ0) is 15.9. The summed E-state index contributed by atoms with van der Waals surface area (Å²) in [7, 11) is 0. The maximum atomic E-state index is 12.1. The number of nitriles is 1. The number of rotatable bonds is 4. The summed E-state index contributed by atoms with van der Waals surface area (Å²) >= 11 is 5.81. The van der Waals surface area contributed by atoms with Crippen molar-refractivity contribution in [2.24, 2.45) is 0 Å². The molecule has 0 saturated heterocycles. The van der Waals surface area contributed by atoms with Gasteiger partial charge in [0.15, 0.2) is 0 Å². The molecule has 0 heterocycles. The number of nitrogens with one attached hydrogen (secondary N) is 1. The van der Waals surface area contributed by atoms with Crippen molar-refractivity contribution in [1.82, 2.24) is 0 Å². The molecule has 110 valence electrons. The van der Waals surface area contributed by atoms with Crippen LogP contribution in [0.15, 0.2) is 54.1 Å². The van der Waals surface area contributed by atoms with Crippen LogP contribution in [0.4, 0.5) is 5.69 Å². The molecule has 4 heteroatoms. The zero-order valence-electron chi connectivity index (χ0n) is 12.1. The van der Waals surface area contributed by atoms with Crippen molar-refractivity contribution in [2.45, 2.75) is 13.3 Å². The maximum absolute atomic E-state index is 12.1. The Bertz CT molecular complexity index is 725. The van der Waals surface area contributed by atoms with E-state index in [-0.39, 0.29) is 5.57 Å². The monoisotopic (exact) mass is 310 g/mol. The molecule has 2 aromatic rings. The molecule has 0 atom stereocenters. The number of hydrogen-bond donors (Lipinski definition) is 1. The van der Waals surface area contributed by atoms with Crippen molar-refractivity contribution in [3.8, 4) is 6.07 Å². The van der Waals surface area contributed by atoms with Gasteiger partial charge in [0.2, 0.25) is 0 Å². The first-order valence-corrected chi connectivity index (χ1v) is 7.28. The Kier molecular flexibility index (Phi) is 5.35. The highest BCUT2D eigenvalue weighted by Crippen LogP contribution is 2.15. The van der Waals surface area contributed by atoms with Gasteiger partial charge in [-0.1, -0.05) is 42.8 Å². The van der Waals surface area contributed by atoms with Crippen LogP contribution in [0.25, 0.3) is 6.08 Å². The minimum atomic E-state index is -0.429. The lowest BCUT2D eigenvalue weighted by Gasteiger charge is -2.05.